The highest BCUT2D eigenvalue weighted by atomic mass is 16.7. The molecule has 0 aliphatic carbocycles. The van der Waals surface area contributed by atoms with Gasteiger partial charge < -0.3 is 9.94 Å². The van der Waals surface area contributed by atoms with Crippen molar-refractivity contribution >= 4 is 23.6 Å². The monoisotopic (exact) mass is 243 g/mol. The van der Waals surface area contributed by atoms with Crippen LogP contribution in [0.25, 0.3) is 0 Å². The maximum absolute atomic E-state index is 11.2. The number of imide groups is 1. The molecule has 2 amide bonds. The van der Waals surface area contributed by atoms with E-state index in [0.29, 0.717) is 5.06 Å². The number of hydroxylamine groups is 2. The molecule has 0 saturated carbocycles. The Morgan fingerprint density at radius 3 is 2.24 bits per heavy atom. The zero-order valence-electron chi connectivity index (χ0n) is 9.18. The van der Waals surface area contributed by atoms with E-state index in [4.69, 9.17) is 5.11 Å². The van der Waals surface area contributed by atoms with Gasteiger partial charge >= 0.3 is 5.97 Å². The first-order valence-electron chi connectivity index (χ1n) is 5.23. The zero-order valence-corrected chi connectivity index (χ0v) is 9.18. The molecule has 0 radical (unpaired) electrons. The van der Waals surface area contributed by atoms with Gasteiger partial charge in [0, 0.05) is 32.3 Å². The second-order valence-electron chi connectivity index (χ2n) is 3.56. The van der Waals surface area contributed by atoms with Crippen molar-refractivity contribution in [3.8, 4) is 0 Å². The van der Waals surface area contributed by atoms with Crippen LogP contribution in [0.5, 0.6) is 0 Å². The van der Waals surface area contributed by atoms with Gasteiger partial charge in [-0.05, 0) is 0 Å². The van der Waals surface area contributed by atoms with E-state index >= 15 is 0 Å². The first-order chi connectivity index (χ1) is 8.04. The first kappa shape index (κ1) is 13.3. The summed E-state index contributed by atoms with van der Waals surface area (Å²) in [6.07, 6.45) is -0.231. The largest absolute Gasteiger partial charge is 0.396 e. The average molecular weight is 243 g/mol. The molecule has 1 rings (SSSR count). The quantitative estimate of drug-likeness (QED) is 0.620. The van der Waals surface area contributed by atoms with Crippen molar-refractivity contribution in [2.75, 3.05) is 6.61 Å². The van der Waals surface area contributed by atoms with Crippen molar-refractivity contribution in [3.05, 3.63) is 0 Å². The minimum atomic E-state index is -0.806. The van der Waals surface area contributed by atoms with Crippen LogP contribution in [0.2, 0.25) is 0 Å². The van der Waals surface area contributed by atoms with E-state index in [1.165, 1.54) is 0 Å². The van der Waals surface area contributed by atoms with Crippen molar-refractivity contribution in [2.45, 2.75) is 32.1 Å². The van der Waals surface area contributed by atoms with Crippen molar-refractivity contribution in [1.29, 1.82) is 0 Å². The van der Waals surface area contributed by atoms with Gasteiger partial charge in [0.1, 0.15) is 5.78 Å². The molecule has 1 heterocycles. The summed E-state index contributed by atoms with van der Waals surface area (Å²) in [5, 5.41) is 8.91. The molecule has 1 saturated heterocycles. The fraction of sp³-hybridized carbons (Fsp3) is 0.600. The molecule has 0 aromatic carbocycles. The standard InChI is InChI=1S/C10H13NO6/c12-6-5-7(13)1-4-10(16)17-11-8(14)2-3-9(11)15/h12H,1-6H2. The topological polar surface area (TPSA) is 101 Å². The van der Waals surface area contributed by atoms with Crippen LogP contribution in [0.1, 0.15) is 32.1 Å². The van der Waals surface area contributed by atoms with Gasteiger partial charge in [0.05, 0.1) is 6.42 Å². The van der Waals surface area contributed by atoms with Gasteiger partial charge in [0.25, 0.3) is 11.8 Å². The summed E-state index contributed by atoms with van der Waals surface area (Å²) < 4.78 is 0. The summed E-state index contributed by atoms with van der Waals surface area (Å²) in [5.74, 6) is -2.18. The fourth-order valence-electron chi connectivity index (χ4n) is 1.30. The van der Waals surface area contributed by atoms with Crippen molar-refractivity contribution in [3.63, 3.8) is 0 Å². The molecule has 7 heteroatoms. The van der Waals surface area contributed by atoms with Gasteiger partial charge in [0.2, 0.25) is 0 Å². The number of hydrogen-bond acceptors (Lipinski definition) is 6. The number of hydrogen-bond donors (Lipinski definition) is 1. The number of Topliss-reactive ketones (excluding diaryl/α,β-unsaturated/α-hetero) is 1. The minimum absolute atomic E-state index is 0.0190. The predicted octanol–water partition coefficient (Wildman–Crippen LogP) is -0.675. The van der Waals surface area contributed by atoms with Gasteiger partial charge in [-0.1, -0.05) is 0 Å². The molecule has 0 atom stereocenters. The van der Waals surface area contributed by atoms with Crippen LogP contribution in [0.15, 0.2) is 0 Å². The number of aliphatic hydroxyl groups is 1. The van der Waals surface area contributed by atoms with Crippen LogP contribution in [0.3, 0.4) is 0 Å². The van der Waals surface area contributed by atoms with Gasteiger partial charge in [0.15, 0.2) is 0 Å². The maximum Gasteiger partial charge on any atom is 0.333 e. The van der Waals surface area contributed by atoms with Crippen LogP contribution in [0.4, 0.5) is 0 Å². The van der Waals surface area contributed by atoms with E-state index in [1.54, 1.807) is 0 Å². The zero-order chi connectivity index (χ0) is 12.8. The number of carbonyl (C=O) groups is 4. The fourth-order valence-corrected chi connectivity index (χ4v) is 1.30. The second-order valence-corrected chi connectivity index (χ2v) is 3.56. The van der Waals surface area contributed by atoms with E-state index in [0.717, 1.165) is 0 Å². The van der Waals surface area contributed by atoms with E-state index in [9.17, 15) is 19.2 Å². The third kappa shape index (κ3) is 3.95. The Hall–Kier alpha value is -1.76. The Kier molecular flexibility index (Phi) is 4.77. The molecule has 0 aromatic heterocycles. The van der Waals surface area contributed by atoms with Crippen LogP contribution in [0, 0.1) is 0 Å². The number of amides is 2. The lowest BCUT2D eigenvalue weighted by atomic mass is 10.2. The molecule has 0 bridgehead atoms. The molecule has 17 heavy (non-hydrogen) atoms. The second kappa shape index (κ2) is 6.09. The van der Waals surface area contributed by atoms with Crippen molar-refractivity contribution < 1.29 is 29.1 Å². The van der Waals surface area contributed by atoms with Crippen molar-refractivity contribution in [1.82, 2.24) is 5.06 Å². The molecule has 1 aliphatic rings. The molecule has 1 aliphatic heterocycles. The molecule has 94 valence electrons. The highest BCUT2D eigenvalue weighted by molar-refractivity contribution is 6.01. The normalized spacial score (nSPS) is 15.2. The SMILES string of the molecule is O=C(CCO)CCC(=O)ON1C(=O)CCC1=O. The Labute approximate surface area is 97.3 Å². The Bertz CT molecular complexity index is 335. The lowest BCUT2D eigenvalue weighted by molar-refractivity contribution is -0.197. The Balaban J connectivity index is 2.32. The summed E-state index contributed by atoms with van der Waals surface area (Å²) in [6, 6.07) is 0. The molecule has 1 N–H and O–H groups in total. The number of aliphatic hydroxyl groups excluding tert-OH is 1. The average Bonchev–Trinajstić information content (AvgIpc) is 2.58. The summed E-state index contributed by atoms with van der Waals surface area (Å²) in [4.78, 5) is 48.9. The smallest absolute Gasteiger partial charge is 0.333 e. The highest BCUT2D eigenvalue weighted by Crippen LogP contribution is 2.13. The molecule has 0 unspecified atom stereocenters. The summed E-state index contributed by atoms with van der Waals surface area (Å²) in [7, 11) is 0. The van der Waals surface area contributed by atoms with E-state index in [2.05, 4.69) is 4.84 Å². The molecule has 1 fully saturated rings. The van der Waals surface area contributed by atoms with Gasteiger partial charge in [-0.2, -0.15) is 0 Å². The highest BCUT2D eigenvalue weighted by Gasteiger charge is 2.32. The van der Waals surface area contributed by atoms with Gasteiger partial charge in [-0.25, -0.2) is 4.79 Å². The predicted molar refractivity (Wildman–Crippen MR) is 53.1 cm³/mol. The number of rotatable bonds is 6. The summed E-state index contributed by atoms with van der Waals surface area (Å²) in [6.45, 7) is -0.267. The molecule has 7 nitrogen and oxygen atoms in total. The Morgan fingerprint density at radius 1 is 1.12 bits per heavy atom. The van der Waals surface area contributed by atoms with Crippen LogP contribution in [-0.2, 0) is 24.0 Å². The lowest BCUT2D eigenvalue weighted by Crippen LogP contribution is -2.32. The van der Waals surface area contributed by atoms with Gasteiger partial charge in [-0.15, -0.1) is 5.06 Å². The third-order valence-corrected chi connectivity index (χ3v) is 2.20. The molecular weight excluding hydrogens is 230 g/mol. The van der Waals surface area contributed by atoms with E-state index in [1.807, 2.05) is 0 Å². The third-order valence-electron chi connectivity index (χ3n) is 2.20. The lowest BCUT2D eigenvalue weighted by Gasteiger charge is -2.12. The summed E-state index contributed by atoms with van der Waals surface area (Å²) in [5.41, 5.74) is 0. The number of ketones is 1. The van der Waals surface area contributed by atoms with Crippen molar-refractivity contribution in [2.24, 2.45) is 0 Å². The van der Waals surface area contributed by atoms with Crippen LogP contribution >= 0.6 is 0 Å². The molecular formula is C10H13NO6. The van der Waals surface area contributed by atoms with Crippen LogP contribution < -0.4 is 0 Å². The number of nitrogens with zero attached hydrogens (tertiary/aromatic N) is 1. The van der Waals surface area contributed by atoms with Gasteiger partial charge in [-0.3, -0.25) is 14.4 Å². The van der Waals surface area contributed by atoms with Crippen LogP contribution in [-0.4, -0.2) is 40.3 Å². The minimum Gasteiger partial charge on any atom is -0.396 e. The molecule has 0 aromatic rings. The maximum atomic E-state index is 11.2. The summed E-state index contributed by atoms with van der Waals surface area (Å²) >= 11 is 0. The molecule has 0 spiro atoms. The number of carbonyl (C=O) groups excluding carboxylic acids is 4. The Morgan fingerprint density at radius 2 is 1.71 bits per heavy atom. The van der Waals surface area contributed by atoms with E-state index in [-0.39, 0.29) is 44.5 Å². The van der Waals surface area contributed by atoms with E-state index < -0.39 is 17.8 Å². The first-order valence-corrected chi connectivity index (χ1v) is 5.23.